The van der Waals surface area contributed by atoms with Crippen molar-refractivity contribution < 1.29 is 24.2 Å². The summed E-state index contributed by atoms with van der Waals surface area (Å²) in [4.78, 5) is 24.6. The number of aliphatic hydroxyl groups excluding tert-OH is 1. The Labute approximate surface area is 461 Å². The van der Waals surface area contributed by atoms with Crippen molar-refractivity contribution in [3.05, 3.63) is 72.9 Å². The highest BCUT2D eigenvalue weighted by Gasteiger charge is 2.16. The molecule has 5 heteroatoms. The molecule has 0 saturated heterocycles. The number of allylic oxidation sites excluding steroid dienone is 12. The number of ether oxygens (including phenoxy) is 2. The average Bonchev–Trinajstić information content (AvgIpc) is 3.40. The third-order valence-corrected chi connectivity index (χ3v) is 14.5. The number of hydrogen-bond acceptors (Lipinski definition) is 5. The molecule has 0 aromatic carbocycles. The minimum absolute atomic E-state index is 0.0686. The monoisotopic (exact) mass is 1030 g/mol. The summed E-state index contributed by atoms with van der Waals surface area (Å²) in [7, 11) is 0. The van der Waals surface area contributed by atoms with Gasteiger partial charge in [-0.25, -0.2) is 0 Å². The van der Waals surface area contributed by atoms with E-state index in [0.29, 0.717) is 12.8 Å². The Balaban J connectivity index is 3.45. The predicted molar refractivity (Wildman–Crippen MR) is 325 cm³/mol. The van der Waals surface area contributed by atoms with E-state index in [1.165, 1.54) is 225 Å². The Morgan fingerprint density at radius 3 is 0.878 bits per heavy atom. The van der Waals surface area contributed by atoms with Crippen LogP contribution in [0, 0.1) is 0 Å². The largest absolute Gasteiger partial charge is 0.462 e. The summed E-state index contributed by atoms with van der Waals surface area (Å²) in [6, 6.07) is 0. The van der Waals surface area contributed by atoms with E-state index in [9.17, 15) is 14.7 Å². The minimum atomic E-state index is -0.780. The molecule has 0 saturated carbocycles. The van der Waals surface area contributed by atoms with Gasteiger partial charge in [0.15, 0.2) is 6.10 Å². The zero-order valence-electron chi connectivity index (χ0n) is 49.4. The zero-order valence-corrected chi connectivity index (χ0v) is 49.4. The smallest absolute Gasteiger partial charge is 0.306 e. The van der Waals surface area contributed by atoms with E-state index in [1.54, 1.807) is 0 Å². The zero-order chi connectivity index (χ0) is 53.4. The van der Waals surface area contributed by atoms with Crippen molar-refractivity contribution >= 4 is 11.9 Å². The van der Waals surface area contributed by atoms with Crippen LogP contribution < -0.4 is 0 Å². The molecule has 0 fully saturated rings. The van der Waals surface area contributed by atoms with Crippen LogP contribution in [0.15, 0.2) is 72.9 Å². The molecule has 0 spiro atoms. The van der Waals surface area contributed by atoms with E-state index in [0.717, 1.165) is 83.5 Å². The second-order valence-corrected chi connectivity index (χ2v) is 21.8. The summed E-state index contributed by atoms with van der Waals surface area (Å²) in [5.41, 5.74) is 0. The van der Waals surface area contributed by atoms with Crippen LogP contribution in [0.2, 0.25) is 0 Å². The van der Waals surface area contributed by atoms with Crippen LogP contribution in [-0.2, 0) is 19.1 Å². The lowest BCUT2D eigenvalue weighted by molar-refractivity contribution is -0.161. The fourth-order valence-electron chi connectivity index (χ4n) is 9.68. The van der Waals surface area contributed by atoms with E-state index < -0.39 is 6.10 Å². The molecule has 0 rings (SSSR count). The van der Waals surface area contributed by atoms with Gasteiger partial charge in [-0.1, -0.05) is 331 Å². The topological polar surface area (TPSA) is 72.8 Å². The van der Waals surface area contributed by atoms with Crippen molar-refractivity contribution in [3.8, 4) is 0 Å². The second kappa shape index (κ2) is 64.6. The highest BCUT2D eigenvalue weighted by Crippen LogP contribution is 2.18. The van der Waals surface area contributed by atoms with Gasteiger partial charge < -0.3 is 14.6 Å². The number of aliphatic hydroxyl groups is 1. The number of unbranched alkanes of at least 4 members (excludes halogenated alkanes) is 40. The van der Waals surface area contributed by atoms with Gasteiger partial charge >= 0.3 is 11.9 Å². The summed E-state index contributed by atoms with van der Waals surface area (Å²) < 4.78 is 10.7. The standard InChI is InChI=1S/C69H124O5/c1-3-5-7-9-11-13-15-17-19-21-23-25-27-29-31-32-33-34-35-36-38-39-41-43-45-47-49-51-53-55-57-59-61-63-68(71)73-66-67(65-70)74-69(72)64-62-60-58-56-54-52-50-48-46-44-42-40-37-30-28-26-24-22-20-18-16-14-12-10-8-6-4-2/h6,8,12,14,18,20,24,26,30,37,42,44,67,70H,3-5,7,9-11,13,15-17,19,21-23,25,27-29,31-36,38-41,43,45-66H2,1-2H3/b8-6-,14-12-,20-18-,26-24-,37-30-,44-42-. The van der Waals surface area contributed by atoms with Crippen molar-refractivity contribution in [1.29, 1.82) is 0 Å². The minimum Gasteiger partial charge on any atom is -0.462 e. The van der Waals surface area contributed by atoms with Crippen LogP contribution in [0.4, 0.5) is 0 Å². The quantitative estimate of drug-likeness (QED) is 0.0373. The van der Waals surface area contributed by atoms with Crippen LogP contribution in [0.3, 0.4) is 0 Å². The molecule has 0 aliphatic heterocycles. The lowest BCUT2D eigenvalue weighted by Gasteiger charge is -2.15. The number of carbonyl (C=O) groups excluding carboxylic acids is 2. The van der Waals surface area contributed by atoms with Gasteiger partial charge in [-0.15, -0.1) is 0 Å². The number of esters is 2. The van der Waals surface area contributed by atoms with Gasteiger partial charge in [-0.05, 0) is 64.2 Å². The molecule has 0 aliphatic rings. The van der Waals surface area contributed by atoms with Gasteiger partial charge in [0, 0.05) is 12.8 Å². The van der Waals surface area contributed by atoms with Crippen molar-refractivity contribution in [1.82, 2.24) is 0 Å². The lowest BCUT2D eigenvalue weighted by Crippen LogP contribution is -2.28. The van der Waals surface area contributed by atoms with Gasteiger partial charge in [0.2, 0.25) is 0 Å². The first-order valence-electron chi connectivity index (χ1n) is 32.5. The Kier molecular flexibility index (Phi) is 62.3. The third kappa shape index (κ3) is 61.9. The van der Waals surface area contributed by atoms with Gasteiger partial charge in [0.1, 0.15) is 6.61 Å². The predicted octanol–water partition coefficient (Wildman–Crippen LogP) is 22.3. The Morgan fingerprint density at radius 1 is 0.324 bits per heavy atom. The fourth-order valence-corrected chi connectivity index (χ4v) is 9.68. The SMILES string of the molecule is CC/C=C\C/C=C\C/C=C\C/C=C\C/C=C\C/C=C\CCCCCCCCCCC(=O)OC(CO)COC(=O)CCCCCCCCCCCCCCCCCCCCCCCCCCCCCCCCCCC. The first-order chi connectivity index (χ1) is 36.6. The molecular formula is C69H124O5. The molecule has 1 unspecified atom stereocenters. The van der Waals surface area contributed by atoms with Crippen molar-refractivity contribution in [2.24, 2.45) is 0 Å². The molecule has 430 valence electrons. The average molecular weight is 1030 g/mol. The van der Waals surface area contributed by atoms with E-state index in [2.05, 4.69) is 86.8 Å². The maximum absolute atomic E-state index is 12.3. The van der Waals surface area contributed by atoms with E-state index >= 15 is 0 Å². The number of carbonyl (C=O) groups is 2. The maximum Gasteiger partial charge on any atom is 0.306 e. The Hall–Kier alpha value is -2.66. The summed E-state index contributed by atoms with van der Waals surface area (Å²) in [5, 5.41) is 9.68. The van der Waals surface area contributed by atoms with Crippen molar-refractivity contribution in [2.75, 3.05) is 13.2 Å². The molecule has 5 nitrogen and oxygen atoms in total. The summed E-state index contributed by atoms with van der Waals surface area (Å²) in [5.74, 6) is -0.588. The van der Waals surface area contributed by atoms with Crippen LogP contribution in [-0.4, -0.2) is 36.4 Å². The molecule has 0 aliphatic carbocycles. The molecule has 0 amide bonds. The van der Waals surface area contributed by atoms with Gasteiger partial charge in [-0.2, -0.15) is 0 Å². The molecule has 74 heavy (non-hydrogen) atoms. The van der Waals surface area contributed by atoms with Crippen LogP contribution in [0.1, 0.15) is 335 Å². The summed E-state index contributed by atoms with van der Waals surface area (Å²) >= 11 is 0. The molecule has 1 atom stereocenters. The van der Waals surface area contributed by atoms with Crippen LogP contribution in [0.25, 0.3) is 0 Å². The van der Waals surface area contributed by atoms with Gasteiger partial charge in [0.05, 0.1) is 6.61 Å². The van der Waals surface area contributed by atoms with Crippen molar-refractivity contribution in [2.45, 2.75) is 341 Å². The Bertz CT molecular complexity index is 1310. The molecule has 0 aromatic heterocycles. The number of hydrogen-bond donors (Lipinski definition) is 1. The molecule has 0 aromatic rings. The van der Waals surface area contributed by atoms with E-state index in [1.807, 2.05) is 0 Å². The molecule has 0 radical (unpaired) electrons. The molecule has 0 bridgehead atoms. The first-order valence-corrected chi connectivity index (χ1v) is 32.5. The fraction of sp³-hybridized carbons (Fsp3) is 0.797. The Morgan fingerprint density at radius 2 is 0.581 bits per heavy atom. The third-order valence-electron chi connectivity index (χ3n) is 14.5. The second-order valence-electron chi connectivity index (χ2n) is 21.8. The van der Waals surface area contributed by atoms with Crippen molar-refractivity contribution in [3.63, 3.8) is 0 Å². The first kappa shape index (κ1) is 71.3. The van der Waals surface area contributed by atoms with Crippen LogP contribution in [0.5, 0.6) is 0 Å². The molecule has 0 heterocycles. The highest BCUT2D eigenvalue weighted by atomic mass is 16.6. The summed E-state index contributed by atoms with van der Waals surface area (Å²) in [6.45, 7) is 4.06. The molecular weight excluding hydrogens is 909 g/mol. The molecule has 1 N–H and O–H groups in total. The van der Waals surface area contributed by atoms with Crippen LogP contribution >= 0.6 is 0 Å². The van der Waals surface area contributed by atoms with E-state index in [-0.39, 0.29) is 25.2 Å². The van der Waals surface area contributed by atoms with Gasteiger partial charge in [-0.3, -0.25) is 9.59 Å². The lowest BCUT2D eigenvalue weighted by atomic mass is 10.0. The number of rotatable bonds is 60. The normalized spacial score (nSPS) is 12.6. The maximum atomic E-state index is 12.3. The highest BCUT2D eigenvalue weighted by molar-refractivity contribution is 5.70. The summed E-state index contributed by atoms with van der Waals surface area (Å²) in [6.07, 6.45) is 89.2. The van der Waals surface area contributed by atoms with E-state index in [4.69, 9.17) is 9.47 Å². The van der Waals surface area contributed by atoms with Gasteiger partial charge in [0.25, 0.3) is 0 Å².